The molecule has 1 aromatic rings. The Morgan fingerprint density at radius 3 is 2.33 bits per heavy atom. The largest absolute Gasteiger partial charge is 0.199 e. The van der Waals surface area contributed by atoms with E-state index in [1.807, 2.05) is 30.6 Å². The van der Waals surface area contributed by atoms with Gasteiger partial charge < -0.3 is 0 Å². The van der Waals surface area contributed by atoms with Crippen LogP contribution in [0.5, 0.6) is 0 Å². The van der Waals surface area contributed by atoms with Gasteiger partial charge in [-0.25, -0.2) is 0 Å². The molecule has 0 amide bonds. The van der Waals surface area contributed by atoms with Crippen molar-refractivity contribution >= 4 is 12.4 Å². The first kappa shape index (κ1) is 7.03. The predicted molar refractivity (Wildman–Crippen MR) is 49.3 cm³/mol. The molecule has 3 nitrogen and oxygen atoms in total. The van der Waals surface area contributed by atoms with Crippen LogP contribution in [0, 0.1) is 0 Å². The Kier molecular flexibility index (Phi) is 1.86. The van der Waals surface area contributed by atoms with Crippen molar-refractivity contribution in [3.63, 3.8) is 0 Å². The maximum atomic E-state index is 3.86. The fourth-order valence-corrected chi connectivity index (χ4v) is 1.15. The summed E-state index contributed by atoms with van der Waals surface area (Å²) in [4.78, 5) is 0. The highest BCUT2D eigenvalue weighted by atomic mass is 15.5. The normalized spacial score (nSPS) is 16.0. The molecule has 2 rings (SSSR count). The second kappa shape index (κ2) is 3.17. The zero-order valence-corrected chi connectivity index (χ0v) is 6.51. The summed E-state index contributed by atoms with van der Waals surface area (Å²) in [6, 6.07) is 10.2. The molecule has 0 aromatic heterocycles. The van der Waals surface area contributed by atoms with Crippen LogP contribution in [0.1, 0.15) is 11.5 Å². The van der Waals surface area contributed by atoms with Crippen LogP contribution in [0.25, 0.3) is 0 Å². The lowest BCUT2D eigenvalue weighted by Crippen LogP contribution is -2.11. The average Bonchev–Trinajstić information content (AvgIpc) is 2.21. The number of hydrazone groups is 2. The molecule has 0 spiro atoms. The smallest absolute Gasteiger partial charge is 0.0583 e. The number of rotatable bonds is 1. The molecule has 0 unspecified atom stereocenters. The second-order valence-corrected chi connectivity index (χ2v) is 2.59. The van der Waals surface area contributed by atoms with E-state index in [2.05, 4.69) is 27.9 Å². The van der Waals surface area contributed by atoms with Crippen LogP contribution in [-0.4, -0.2) is 12.4 Å². The van der Waals surface area contributed by atoms with Crippen molar-refractivity contribution in [1.82, 2.24) is 5.53 Å². The molecule has 60 valence electrons. The van der Waals surface area contributed by atoms with Crippen LogP contribution in [0.3, 0.4) is 0 Å². The number of benzene rings is 1. The SMILES string of the molecule is C1=NNN=CC1c1ccccc1. The molecule has 0 saturated heterocycles. The molecule has 0 aliphatic carbocycles. The minimum Gasteiger partial charge on any atom is -0.199 e. The quantitative estimate of drug-likeness (QED) is 0.659. The molecule has 1 aliphatic rings. The lowest BCUT2D eigenvalue weighted by Gasteiger charge is -2.08. The zero-order chi connectivity index (χ0) is 8.23. The van der Waals surface area contributed by atoms with E-state index >= 15 is 0 Å². The van der Waals surface area contributed by atoms with Crippen LogP contribution >= 0.6 is 0 Å². The van der Waals surface area contributed by atoms with E-state index in [4.69, 9.17) is 0 Å². The van der Waals surface area contributed by atoms with Crippen molar-refractivity contribution < 1.29 is 0 Å². The highest BCUT2D eigenvalue weighted by Crippen LogP contribution is 2.11. The highest BCUT2D eigenvalue weighted by Gasteiger charge is 2.06. The molecular weight excluding hydrogens is 150 g/mol. The summed E-state index contributed by atoms with van der Waals surface area (Å²) in [6.45, 7) is 0. The molecule has 0 radical (unpaired) electrons. The van der Waals surface area contributed by atoms with Gasteiger partial charge in [0, 0.05) is 12.4 Å². The van der Waals surface area contributed by atoms with E-state index in [0.717, 1.165) is 0 Å². The van der Waals surface area contributed by atoms with Gasteiger partial charge in [0.1, 0.15) is 0 Å². The minimum absolute atomic E-state index is 0.215. The summed E-state index contributed by atoms with van der Waals surface area (Å²) >= 11 is 0. The molecule has 1 heterocycles. The summed E-state index contributed by atoms with van der Waals surface area (Å²) < 4.78 is 0. The van der Waals surface area contributed by atoms with E-state index in [1.165, 1.54) is 5.56 Å². The summed E-state index contributed by atoms with van der Waals surface area (Å²) in [5.74, 6) is 0.215. The first-order valence-corrected chi connectivity index (χ1v) is 3.83. The third-order valence-corrected chi connectivity index (χ3v) is 1.77. The van der Waals surface area contributed by atoms with Crippen molar-refractivity contribution in [3.05, 3.63) is 35.9 Å². The van der Waals surface area contributed by atoms with E-state index in [0.29, 0.717) is 0 Å². The Morgan fingerprint density at radius 1 is 1.00 bits per heavy atom. The Bertz CT molecular complexity index is 291. The van der Waals surface area contributed by atoms with Crippen molar-refractivity contribution in [2.75, 3.05) is 0 Å². The van der Waals surface area contributed by atoms with Crippen molar-refractivity contribution in [2.24, 2.45) is 10.2 Å². The molecule has 0 atom stereocenters. The minimum atomic E-state index is 0.215. The highest BCUT2D eigenvalue weighted by molar-refractivity contribution is 5.90. The summed E-state index contributed by atoms with van der Waals surface area (Å²) in [5.41, 5.74) is 3.74. The van der Waals surface area contributed by atoms with Crippen LogP contribution in [-0.2, 0) is 0 Å². The van der Waals surface area contributed by atoms with Gasteiger partial charge in [0.15, 0.2) is 0 Å². The molecule has 0 saturated carbocycles. The Labute approximate surface area is 70.8 Å². The standard InChI is InChI=1S/C9H9N3/c1-2-4-8(5-3-1)9-6-10-12-11-7-9/h1-7,9,12H. The fraction of sp³-hybridized carbons (Fsp3) is 0.111. The Morgan fingerprint density at radius 2 is 1.67 bits per heavy atom. The van der Waals surface area contributed by atoms with Gasteiger partial charge in [-0.15, -0.1) is 0 Å². The molecule has 1 aromatic carbocycles. The first-order valence-electron chi connectivity index (χ1n) is 3.83. The number of nitrogens with zero attached hydrogens (tertiary/aromatic N) is 2. The molecule has 3 heteroatoms. The van der Waals surface area contributed by atoms with E-state index in [-0.39, 0.29) is 5.92 Å². The van der Waals surface area contributed by atoms with Crippen LogP contribution in [0.4, 0.5) is 0 Å². The molecule has 0 bridgehead atoms. The van der Waals surface area contributed by atoms with E-state index < -0.39 is 0 Å². The third-order valence-electron chi connectivity index (χ3n) is 1.77. The molecule has 12 heavy (non-hydrogen) atoms. The topological polar surface area (TPSA) is 36.8 Å². The summed E-state index contributed by atoms with van der Waals surface area (Å²) in [7, 11) is 0. The molecule has 0 fully saturated rings. The fourth-order valence-electron chi connectivity index (χ4n) is 1.15. The van der Waals surface area contributed by atoms with Crippen molar-refractivity contribution in [3.8, 4) is 0 Å². The average molecular weight is 159 g/mol. The molecule has 1 aliphatic heterocycles. The molecule has 1 N–H and O–H groups in total. The number of nitrogens with one attached hydrogen (secondary N) is 1. The van der Waals surface area contributed by atoms with Gasteiger partial charge in [-0.05, 0) is 5.56 Å². The van der Waals surface area contributed by atoms with Crippen LogP contribution < -0.4 is 5.53 Å². The van der Waals surface area contributed by atoms with Gasteiger partial charge in [0.05, 0.1) is 5.92 Å². The van der Waals surface area contributed by atoms with Gasteiger partial charge in [-0.3, -0.25) is 0 Å². The van der Waals surface area contributed by atoms with Gasteiger partial charge in [0.25, 0.3) is 0 Å². The first-order chi connectivity index (χ1) is 5.97. The van der Waals surface area contributed by atoms with E-state index in [1.54, 1.807) is 0 Å². The van der Waals surface area contributed by atoms with Gasteiger partial charge in [-0.1, -0.05) is 30.3 Å². The van der Waals surface area contributed by atoms with E-state index in [9.17, 15) is 0 Å². The van der Waals surface area contributed by atoms with Crippen LogP contribution in [0.2, 0.25) is 0 Å². The monoisotopic (exact) mass is 159 g/mol. The zero-order valence-electron chi connectivity index (χ0n) is 6.51. The predicted octanol–water partition coefficient (Wildman–Crippen LogP) is 1.34. The Balaban J connectivity index is 2.25. The van der Waals surface area contributed by atoms with Gasteiger partial charge in [0.2, 0.25) is 0 Å². The number of hydrogen-bond donors (Lipinski definition) is 1. The lowest BCUT2D eigenvalue weighted by atomic mass is 10.0. The van der Waals surface area contributed by atoms with Gasteiger partial charge >= 0.3 is 0 Å². The summed E-state index contributed by atoms with van der Waals surface area (Å²) in [6.07, 6.45) is 3.67. The van der Waals surface area contributed by atoms with Gasteiger partial charge in [-0.2, -0.15) is 15.7 Å². The number of hydrogen-bond acceptors (Lipinski definition) is 3. The lowest BCUT2D eigenvalue weighted by molar-refractivity contribution is 0.794. The van der Waals surface area contributed by atoms with Crippen molar-refractivity contribution in [2.45, 2.75) is 5.92 Å². The maximum absolute atomic E-state index is 3.86. The second-order valence-electron chi connectivity index (χ2n) is 2.59. The summed E-state index contributed by atoms with van der Waals surface area (Å²) in [5, 5.41) is 7.72. The molecular formula is C9H9N3. The van der Waals surface area contributed by atoms with Crippen LogP contribution in [0.15, 0.2) is 40.5 Å². The Hall–Kier alpha value is -1.64. The maximum Gasteiger partial charge on any atom is 0.0583 e. The third kappa shape index (κ3) is 1.34. The van der Waals surface area contributed by atoms with Crippen molar-refractivity contribution in [1.29, 1.82) is 0 Å².